The molecule has 0 spiro atoms. The molecule has 11 nitrogen and oxygen atoms in total. The fourth-order valence-electron chi connectivity index (χ4n) is 1.68. The average molecular weight is 333 g/mol. The van der Waals surface area contributed by atoms with E-state index in [1.807, 2.05) is 5.43 Å². The summed E-state index contributed by atoms with van der Waals surface area (Å²) in [4.78, 5) is 34.9. The normalized spacial score (nSPS) is 15.9. The highest BCUT2D eigenvalue weighted by molar-refractivity contribution is 5.90. The molecule has 0 aromatic carbocycles. The quantitative estimate of drug-likeness (QED) is 0.110. The van der Waals surface area contributed by atoms with Crippen LogP contribution in [0.1, 0.15) is 19.8 Å². The third kappa shape index (κ3) is 7.85. The number of nitrogens with one attached hydrogen (secondary N) is 3. The lowest BCUT2D eigenvalue weighted by molar-refractivity contribution is -0.132. The van der Waals surface area contributed by atoms with Crippen molar-refractivity contribution in [2.75, 3.05) is 13.1 Å². The minimum atomic E-state index is -1.18. The number of rotatable bonds is 10. The Labute approximate surface area is 134 Å². The first-order valence-electron chi connectivity index (χ1n) is 7.22. The Morgan fingerprint density at radius 3 is 2.09 bits per heavy atom. The van der Waals surface area contributed by atoms with Crippen LogP contribution in [-0.4, -0.2) is 60.1 Å². The molecule has 12 N–H and O–H groups in total. The summed E-state index contributed by atoms with van der Waals surface area (Å²) in [6.45, 7) is 1.65. The van der Waals surface area contributed by atoms with Crippen LogP contribution in [0.5, 0.6) is 0 Å². The number of aliphatic hydroxyl groups excluding tert-OH is 1. The molecule has 23 heavy (non-hydrogen) atoms. The van der Waals surface area contributed by atoms with E-state index in [4.69, 9.17) is 23.0 Å². The van der Waals surface area contributed by atoms with Gasteiger partial charge in [0.15, 0.2) is 0 Å². The van der Waals surface area contributed by atoms with Gasteiger partial charge in [-0.3, -0.25) is 19.8 Å². The molecule has 0 rings (SSSR count). The van der Waals surface area contributed by atoms with Crippen LogP contribution < -0.4 is 39.1 Å². The fourth-order valence-corrected chi connectivity index (χ4v) is 1.68. The topological polar surface area (TPSA) is 212 Å². The van der Waals surface area contributed by atoms with E-state index < -0.39 is 42.0 Å². The molecular weight excluding hydrogens is 306 g/mol. The smallest absolute Gasteiger partial charge is 0.250 e. The van der Waals surface area contributed by atoms with Gasteiger partial charge in [0.25, 0.3) is 5.91 Å². The van der Waals surface area contributed by atoms with E-state index in [2.05, 4.69) is 10.6 Å². The minimum absolute atomic E-state index is 0.0708. The Balaban J connectivity index is 4.46. The molecule has 0 aliphatic heterocycles. The first kappa shape index (κ1) is 21.2. The van der Waals surface area contributed by atoms with Crippen LogP contribution >= 0.6 is 0 Å². The fraction of sp³-hybridized carbons (Fsp3) is 0.750. The predicted octanol–water partition coefficient (Wildman–Crippen LogP) is -4.65. The Bertz CT molecular complexity index is 405. The highest BCUT2D eigenvalue weighted by Crippen LogP contribution is 1.97. The van der Waals surface area contributed by atoms with Crippen molar-refractivity contribution in [3.8, 4) is 0 Å². The summed E-state index contributed by atoms with van der Waals surface area (Å²) < 4.78 is 0. The number of carbonyl (C=O) groups excluding carboxylic acids is 3. The van der Waals surface area contributed by atoms with Crippen molar-refractivity contribution in [1.82, 2.24) is 16.1 Å². The Morgan fingerprint density at radius 1 is 1.04 bits per heavy atom. The van der Waals surface area contributed by atoms with Crippen LogP contribution in [0.25, 0.3) is 0 Å². The second kappa shape index (κ2) is 10.9. The molecule has 0 saturated heterocycles. The van der Waals surface area contributed by atoms with Crippen molar-refractivity contribution in [1.29, 1.82) is 0 Å². The standard InChI is InChI=1S/C12H27N7O4/c1-6(20)9(18-10(21)7(14)2-4-13)12(23)17-5-3-8(15)11(22)19-16/h6-9,20H,2-5,13-16H2,1H3,(H,17,23)(H,18,21)(H,19,22)/t6-,7+,8+,9+/m1/s1. The molecule has 0 aliphatic carbocycles. The third-order valence-electron chi connectivity index (χ3n) is 3.11. The maximum absolute atomic E-state index is 12.0. The Kier molecular flexibility index (Phi) is 10.0. The number of aliphatic hydroxyl groups is 1. The van der Waals surface area contributed by atoms with Gasteiger partial charge in [0, 0.05) is 6.54 Å². The van der Waals surface area contributed by atoms with Gasteiger partial charge in [0.2, 0.25) is 11.8 Å². The molecular formula is C12H27N7O4. The van der Waals surface area contributed by atoms with Crippen LogP contribution in [0.3, 0.4) is 0 Å². The second-order valence-corrected chi connectivity index (χ2v) is 5.11. The number of hydrogen-bond donors (Lipinski definition) is 8. The Hall–Kier alpha value is -1.79. The van der Waals surface area contributed by atoms with E-state index in [1.165, 1.54) is 6.92 Å². The zero-order valence-electron chi connectivity index (χ0n) is 13.1. The molecule has 3 amide bonds. The first-order chi connectivity index (χ1) is 10.7. The molecule has 134 valence electrons. The van der Waals surface area contributed by atoms with Crippen LogP contribution in [0.2, 0.25) is 0 Å². The number of hydrogen-bond acceptors (Lipinski definition) is 8. The lowest BCUT2D eigenvalue weighted by Gasteiger charge is -2.23. The van der Waals surface area contributed by atoms with Crippen molar-refractivity contribution in [3.05, 3.63) is 0 Å². The molecule has 0 radical (unpaired) electrons. The zero-order chi connectivity index (χ0) is 18.0. The van der Waals surface area contributed by atoms with E-state index in [9.17, 15) is 19.5 Å². The van der Waals surface area contributed by atoms with Gasteiger partial charge in [-0.05, 0) is 26.3 Å². The zero-order valence-corrected chi connectivity index (χ0v) is 13.1. The molecule has 0 aliphatic rings. The number of hydrazine groups is 1. The van der Waals surface area contributed by atoms with Crippen molar-refractivity contribution in [2.24, 2.45) is 23.0 Å². The van der Waals surface area contributed by atoms with Gasteiger partial charge in [-0.1, -0.05) is 0 Å². The van der Waals surface area contributed by atoms with E-state index >= 15 is 0 Å². The Morgan fingerprint density at radius 2 is 1.61 bits per heavy atom. The highest BCUT2D eigenvalue weighted by Gasteiger charge is 2.27. The highest BCUT2D eigenvalue weighted by atomic mass is 16.3. The molecule has 0 fully saturated rings. The van der Waals surface area contributed by atoms with Crippen LogP contribution in [-0.2, 0) is 14.4 Å². The summed E-state index contributed by atoms with van der Waals surface area (Å²) >= 11 is 0. The van der Waals surface area contributed by atoms with E-state index in [-0.39, 0.29) is 25.9 Å². The lowest BCUT2D eigenvalue weighted by atomic mass is 10.1. The van der Waals surface area contributed by atoms with E-state index in [0.29, 0.717) is 0 Å². The number of amides is 3. The summed E-state index contributed by atoms with van der Waals surface area (Å²) in [6, 6.07) is -2.92. The molecule has 0 aromatic rings. The maximum atomic E-state index is 12.0. The van der Waals surface area contributed by atoms with E-state index in [1.54, 1.807) is 0 Å². The van der Waals surface area contributed by atoms with Crippen molar-refractivity contribution in [3.63, 3.8) is 0 Å². The second-order valence-electron chi connectivity index (χ2n) is 5.11. The van der Waals surface area contributed by atoms with Crippen molar-refractivity contribution in [2.45, 2.75) is 44.0 Å². The van der Waals surface area contributed by atoms with Gasteiger partial charge in [0.1, 0.15) is 6.04 Å². The first-order valence-corrected chi connectivity index (χ1v) is 7.22. The largest absolute Gasteiger partial charge is 0.391 e. The predicted molar refractivity (Wildman–Crippen MR) is 83.2 cm³/mol. The van der Waals surface area contributed by atoms with Gasteiger partial charge in [-0.2, -0.15) is 0 Å². The van der Waals surface area contributed by atoms with Gasteiger partial charge >= 0.3 is 0 Å². The van der Waals surface area contributed by atoms with Crippen LogP contribution in [0.15, 0.2) is 0 Å². The van der Waals surface area contributed by atoms with Crippen LogP contribution in [0, 0.1) is 0 Å². The number of nitrogens with two attached hydrogens (primary N) is 4. The molecule has 0 unspecified atom stereocenters. The minimum Gasteiger partial charge on any atom is -0.391 e. The summed E-state index contributed by atoms with van der Waals surface area (Å²) in [6.07, 6.45) is -0.740. The molecule has 0 bridgehead atoms. The SMILES string of the molecule is C[C@@H](O)[C@H](NC(=O)[C@@H](N)CCN)C(=O)NCC[C@H](N)C(=O)NN. The summed E-state index contributed by atoms with van der Waals surface area (Å²) in [7, 11) is 0. The maximum Gasteiger partial charge on any atom is 0.250 e. The average Bonchev–Trinajstić information content (AvgIpc) is 2.50. The molecule has 11 heteroatoms. The molecule has 0 aromatic heterocycles. The van der Waals surface area contributed by atoms with Gasteiger partial charge in [0.05, 0.1) is 18.2 Å². The molecule has 0 heterocycles. The molecule has 0 saturated carbocycles. The molecule has 4 atom stereocenters. The van der Waals surface area contributed by atoms with E-state index in [0.717, 1.165) is 0 Å². The number of carbonyl (C=O) groups is 3. The lowest BCUT2D eigenvalue weighted by Crippen LogP contribution is -2.56. The van der Waals surface area contributed by atoms with Crippen molar-refractivity contribution >= 4 is 17.7 Å². The summed E-state index contributed by atoms with van der Waals surface area (Å²) in [5.41, 5.74) is 18.3. The monoisotopic (exact) mass is 333 g/mol. The summed E-state index contributed by atoms with van der Waals surface area (Å²) in [5.74, 6) is 3.17. The van der Waals surface area contributed by atoms with Crippen molar-refractivity contribution < 1.29 is 19.5 Å². The van der Waals surface area contributed by atoms with Crippen LogP contribution in [0.4, 0.5) is 0 Å². The summed E-state index contributed by atoms with van der Waals surface area (Å²) in [5, 5.41) is 14.5. The third-order valence-corrected chi connectivity index (χ3v) is 3.11. The van der Waals surface area contributed by atoms with Gasteiger partial charge in [-0.15, -0.1) is 0 Å². The van der Waals surface area contributed by atoms with Gasteiger partial charge in [-0.25, -0.2) is 5.84 Å². The van der Waals surface area contributed by atoms with Gasteiger partial charge < -0.3 is 32.9 Å².